The largest absolute Gasteiger partial charge is 0.468 e. The van der Waals surface area contributed by atoms with Crippen LogP contribution in [0.5, 0.6) is 0 Å². The zero-order valence-electron chi connectivity index (χ0n) is 13.6. The molecule has 0 spiro atoms. The number of likely N-dealkylation sites (N-methyl/N-ethyl adjacent to an activating group) is 1. The number of ether oxygens (including phenoxy) is 1. The Morgan fingerprint density at radius 1 is 1.27 bits per heavy atom. The van der Waals surface area contributed by atoms with Crippen molar-refractivity contribution in [2.45, 2.75) is 44.4 Å². The van der Waals surface area contributed by atoms with Gasteiger partial charge < -0.3 is 14.1 Å². The van der Waals surface area contributed by atoms with E-state index in [0.717, 1.165) is 31.4 Å². The maximum atomic E-state index is 6.20. The molecule has 3 heterocycles. The molecule has 3 fully saturated rings. The van der Waals surface area contributed by atoms with Crippen LogP contribution in [0.15, 0.2) is 22.8 Å². The molecule has 4 rings (SSSR count). The van der Waals surface area contributed by atoms with Gasteiger partial charge in [0.25, 0.3) is 0 Å². The van der Waals surface area contributed by atoms with E-state index in [0.29, 0.717) is 18.1 Å². The quantitative estimate of drug-likeness (QED) is 0.836. The average molecular weight is 304 g/mol. The van der Waals surface area contributed by atoms with Crippen molar-refractivity contribution in [1.82, 2.24) is 9.80 Å². The SMILES string of the molecule is CN(Cc1ccco1)[C@@H]1CN(CC2CC2)C[C@@H]2CCCO[C@@H]21. The van der Waals surface area contributed by atoms with Gasteiger partial charge in [-0.1, -0.05) is 0 Å². The van der Waals surface area contributed by atoms with E-state index in [2.05, 4.69) is 22.9 Å². The van der Waals surface area contributed by atoms with E-state index in [4.69, 9.17) is 9.15 Å². The lowest BCUT2D eigenvalue weighted by molar-refractivity contribution is -0.113. The van der Waals surface area contributed by atoms with Gasteiger partial charge in [0.1, 0.15) is 5.76 Å². The number of hydrogen-bond acceptors (Lipinski definition) is 4. The minimum atomic E-state index is 0.407. The molecule has 1 aromatic heterocycles. The third-order valence-corrected chi connectivity index (χ3v) is 5.58. The molecule has 3 atom stereocenters. The van der Waals surface area contributed by atoms with E-state index in [1.807, 2.05) is 6.07 Å². The van der Waals surface area contributed by atoms with Crippen LogP contribution in [0.1, 0.15) is 31.4 Å². The second-order valence-electron chi connectivity index (χ2n) is 7.46. The van der Waals surface area contributed by atoms with Gasteiger partial charge in [-0.15, -0.1) is 0 Å². The lowest BCUT2D eigenvalue weighted by Crippen LogP contribution is -2.60. The zero-order valence-corrected chi connectivity index (χ0v) is 13.6. The molecule has 2 saturated heterocycles. The van der Waals surface area contributed by atoms with E-state index in [1.165, 1.54) is 38.8 Å². The number of furan rings is 1. The maximum absolute atomic E-state index is 6.20. The molecule has 2 aliphatic heterocycles. The lowest BCUT2D eigenvalue weighted by Gasteiger charge is -2.48. The van der Waals surface area contributed by atoms with Crippen LogP contribution in [0.3, 0.4) is 0 Å². The van der Waals surface area contributed by atoms with Gasteiger partial charge in [0.05, 0.1) is 18.9 Å². The summed E-state index contributed by atoms with van der Waals surface area (Å²) >= 11 is 0. The van der Waals surface area contributed by atoms with E-state index in [9.17, 15) is 0 Å². The van der Waals surface area contributed by atoms with E-state index in [-0.39, 0.29) is 0 Å². The standard InChI is InChI=1S/C18H28N2O2/c1-19(12-16-5-3-8-21-16)17-13-20(10-14-6-7-14)11-15-4-2-9-22-18(15)17/h3,5,8,14-15,17-18H,2,4,6-7,9-13H2,1H3/t15-,17+,18-/m0/s1. The van der Waals surface area contributed by atoms with Crippen LogP contribution in [0.4, 0.5) is 0 Å². The fraction of sp³-hybridized carbons (Fsp3) is 0.778. The van der Waals surface area contributed by atoms with Crippen LogP contribution < -0.4 is 0 Å². The molecule has 4 nitrogen and oxygen atoms in total. The Morgan fingerprint density at radius 2 is 2.18 bits per heavy atom. The molecule has 3 aliphatic rings. The number of rotatable bonds is 5. The Balaban J connectivity index is 1.45. The van der Waals surface area contributed by atoms with Crippen molar-refractivity contribution in [3.63, 3.8) is 0 Å². The third kappa shape index (κ3) is 3.24. The van der Waals surface area contributed by atoms with Crippen LogP contribution >= 0.6 is 0 Å². The van der Waals surface area contributed by atoms with Crippen molar-refractivity contribution in [1.29, 1.82) is 0 Å². The highest BCUT2D eigenvalue weighted by Gasteiger charge is 2.42. The summed E-state index contributed by atoms with van der Waals surface area (Å²) in [5.41, 5.74) is 0. The molecule has 1 aliphatic carbocycles. The van der Waals surface area contributed by atoms with Crippen molar-refractivity contribution in [2.24, 2.45) is 11.8 Å². The molecule has 0 aromatic carbocycles. The molecular weight excluding hydrogens is 276 g/mol. The molecule has 122 valence electrons. The summed E-state index contributed by atoms with van der Waals surface area (Å²) < 4.78 is 11.7. The Morgan fingerprint density at radius 3 is 2.95 bits per heavy atom. The van der Waals surface area contributed by atoms with Crippen LogP contribution in [0.2, 0.25) is 0 Å². The summed E-state index contributed by atoms with van der Waals surface area (Å²) in [6.45, 7) is 5.51. The normalized spacial score (nSPS) is 33.1. The molecule has 22 heavy (non-hydrogen) atoms. The Bertz CT molecular complexity index is 471. The molecule has 0 bridgehead atoms. The highest BCUT2D eigenvalue weighted by molar-refractivity contribution is 5.01. The van der Waals surface area contributed by atoms with Gasteiger partial charge in [-0.3, -0.25) is 4.90 Å². The second kappa shape index (κ2) is 6.34. The van der Waals surface area contributed by atoms with Crippen LogP contribution in [0, 0.1) is 11.8 Å². The smallest absolute Gasteiger partial charge is 0.117 e. The first-order valence-electron chi connectivity index (χ1n) is 8.86. The molecule has 1 saturated carbocycles. The van der Waals surface area contributed by atoms with Crippen molar-refractivity contribution >= 4 is 0 Å². The summed E-state index contributed by atoms with van der Waals surface area (Å²) in [6.07, 6.45) is 7.61. The van der Waals surface area contributed by atoms with Crippen LogP contribution in [-0.2, 0) is 11.3 Å². The fourth-order valence-electron chi connectivity index (χ4n) is 4.23. The Kier molecular flexibility index (Phi) is 4.25. The van der Waals surface area contributed by atoms with Gasteiger partial charge in [-0.25, -0.2) is 0 Å². The third-order valence-electron chi connectivity index (χ3n) is 5.58. The molecule has 4 heteroatoms. The number of nitrogens with zero attached hydrogens (tertiary/aromatic N) is 2. The minimum Gasteiger partial charge on any atom is -0.468 e. The van der Waals surface area contributed by atoms with Gasteiger partial charge in [0.2, 0.25) is 0 Å². The molecular formula is C18H28N2O2. The molecule has 0 radical (unpaired) electrons. The van der Waals surface area contributed by atoms with Crippen molar-refractivity contribution in [3.05, 3.63) is 24.2 Å². The first kappa shape index (κ1) is 14.7. The Labute approximate surface area is 133 Å². The number of hydrogen-bond donors (Lipinski definition) is 0. The van der Waals surface area contributed by atoms with Crippen molar-refractivity contribution in [3.8, 4) is 0 Å². The second-order valence-corrected chi connectivity index (χ2v) is 7.46. The fourth-order valence-corrected chi connectivity index (χ4v) is 4.23. The first-order valence-corrected chi connectivity index (χ1v) is 8.86. The highest BCUT2D eigenvalue weighted by Crippen LogP contribution is 2.35. The molecule has 0 amide bonds. The van der Waals surface area contributed by atoms with Crippen molar-refractivity contribution < 1.29 is 9.15 Å². The molecule has 1 aromatic rings. The summed E-state index contributed by atoms with van der Waals surface area (Å²) in [6, 6.07) is 4.53. The van der Waals surface area contributed by atoms with E-state index >= 15 is 0 Å². The summed E-state index contributed by atoms with van der Waals surface area (Å²) in [7, 11) is 2.23. The van der Waals surface area contributed by atoms with Crippen molar-refractivity contribution in [2.75, 3.05) is 33.3 Å². The van der Waals surface area contributed by atoms with E-state index in [1.54, 1.807) is 6.26 Å². The van der Waals surface area contributed by atoms with Gasteiger partial charge in [-0.2, -0.15) is 0 Å². The topological polar surface area (TPSA) is 28.9 Å². The Hall–Kier alpha value is -0.840. The van der Waals surface area contributed by atoms with Gasteiger partial charge in [-0.05, 0) is 56.7 Å². The van der Waals surface area contributed by atoms with Gasteiger partial charge in [0, 0.05) is 32.3 Å². The lowest BCUT2D eigenvalue weighted by atomic mass is 9.84. The summed E-state index contributed by atoms with van der Waals surface area (Å²) in [5.74, 6) is 2.73. The predicted molar refractivity (Wildman–Crippen MR) is 85.6 cm³/mol. The van der Waals surface area contributed by atoms with Gasteiger partial charge in [0.15, 0.2) is 0 Å². The number of fused-ring (bicyclic) bond motifs is 1. The summed E-state index contributed by atoms with van der Waals surface area (Å²) in [4.78, 5) is 5.15. The van der Waals surface area contributed by atoms with Gasteiger partial charge >= 0.3 is 0 Å². The highest BCUT2D eigenvalue weighted by atomic mass is 16.5. The monoisotopic (exact) mass is 304 g/mol. The molecule has 0 unspecified atom stereocenters. The predicted octanol–water partition coefficient (Wildman–Crippen LogP) is 2.60. The number of piperidine rings is 1. The maximum Gasteiger partial charge on any atom is 0.117 e. The number of likely N-dealkylation sites (tertiary alicyclic amines) is 1. The molecule has 0 N–H and O–H groups in total. The first-order chi connectivity index (χ1) is 10.8. The zero-order chi connectivity index (χ0) is 14.9. The average Bonchev–Trinajstić information content (AvgIpc) is 3.19. The van der Waals surface area contributed by atoms with E-state index < -0.39 is 0 Å². The van der Waals surface area contributed by atoms with Crippen LogP contribution in [0.25, 0.3) is 0 Å². The minimum absolute atomic E-state index is 0.407. The van der Waals surface area contributed by atoms with Crippen LogP contribution in [-0.4, -0.2) is 55.2 Å². The summed E-state index contributed by atoms with van der Waals surface area (Å²) in [5, 5.41) is 0.